The summed E-state index contributed by atoms with van der Waals surface area (Å²) >= 11 is 0. The van der Waals surface area contributed by atoms with Crippen LogP contribution in [-0.4, -0.2) is 28.3 Å². The van der Waals surface area contributed by atoms with Crippen LogP contribution in [0.5, 0.6) is 0 Å². The summed E-state index contributed by atoms with van der Waals surface area (Å²) in [6.07, 6.45) is 4.04. The van der Waals surface area contributed by atoms with Crippen LogP contribution in [0.1, 0.15) is 37.8 Å². The highest BCUT2D eigenvalue weighted by Crippen LogP contribution is 2.39. The van der Waals surface area contributed by atoms with Crippen molar-refractivity contribution in [3.05, 3.63) is 59.7 Å². The minimum Gasteiger partial charge on any atom is -1.00 e. The molecule has 3 aromatic rings. The highest BCUT2D eigenvalue weighted by Gasteiger charge is 2.41. The summed E-state index contributed by atoms with van der Waals surface area (Å²) in [6.45, 7) is 7.12. The van der Waals surface area contributed by atoms with E-state index in [1.165, 1.54) is 24.3 Å². The molecule has 0 unspecified atom stereocenters. The number of rotatable bonds is 8. The zero-order valence-electron chi connectivity index (χ0n) is 18.9. The van der Waals surface area contributed by atoms with Gasteiger partial charge in [-0.05, 0) is 57.0 Å². The van der Waals surface area contributed by atoms with Crippen LogP contribution >= 0.6 is 0 Å². The van der Waals surface area contributed by atoms with Gasteiger partial charge < -0.3 is 21.4 Å². The van der Waals surface area contributed by atoms with Gasteiger partial charge in [-0.2, -0.15) is 4.57 Å². The second-order valence-electron chi connectivity index (χ2n) is 7.84. The molecule has 6 nitrogen and oxygen atoms in total. The molecule has 0 aliphatic heterocycles. The summed E-state index contributed by atoms with van der Waals surface area (Å²) in [5.41, 5.74) is 2.20. The number of hydrogen-bond acceptors (Lipinski definition) is 5. The van der Waals surface area contributed by atoms with Crippen LogP contribution in [0.15, 0.2) is 57.1 Å². The summed E-state index contributed by atoms with van der Waals surface area (Å²) in [4.78, 5) is -0.345. The summed E-state index contributed by atoms with van der Waals surface area (Å²) in [6, 6.07) is 7.23. The molecule has 0 bridgehead atoms. The third kappa shape index (κ3) is 5.73. The first-order valence-corrected chi connectivity index (χ1v) is 13.7. The molecule has 0 aliphatic rings. The zero-order valence-corrected chi connectivity index (χ0v) is 22.1. The molecule has 0 amide bonds. The second kappa shape index (κ2) is 10.5. The number of halogens is 2. The molecule has 33 heavy (non-hydrogen) atoms. The van der Waals surface area contributed by atoms with Crippen molar-refractivity contribution in [3.63, 3.8) is 0 Å². The molecular formula is C23H27BrFNO5S2. The van der Waals surface area contributed by atoms with Gasteiger partial charge in [0.2, 0.25) is 20.7 Å². The highest BCUT2D eigenvalue weighted by atomic mass is 79.9. The smallest absolute Gasteiger partial charge is 0.277 e. The normalized spacial score (nSPS) is 11.9. The minimum atomic E-state index is -4.02. The number of sulfone groups is 2. The lowest BCUT2D eigenvalue weighted by Gasteiger charge is -2.06. The molecular weight excluding hydrogens is 533 g/mol. The van der Waals surface area contributed by atoms with Gasteiger partial charge in [-0.25, -0.2) is 21.2 Å². The first-order chi connectivity index (χ1) is 15.0. The molecule has 0 aliphatic carbocycles. The second-order valence-corrected chi connectivity index (χ2v) is 11.9. The first kappa shape index (κ1) is 27.2. The van der Waals surface area contributed by atoms with Gasteiger partial charge in [0.25, 0.3) is 5.69 Å². The summed E-state index contributed by atoms with van der Waals surface area (Å²) in [7, 11) is -8.03. The predicted molar refractivity (Wildman–Crippen MR) is 120 cm³/mol. The Morgan fingerprint density at radius 1 is 0.879 bits per heavy atom. The van der Waals surface area contributed by atoms with Crippen LogP contribution in [0.2, 0.25) is 0 Å². The van der Waals surface area contributed by atoms with Crippen molar-refractivity contribution in [1.82, 2.24) is 0 Å². The van der Waals surface area contributed by atoms with Crippen LogP contribution in [0, 0.1) is 19.7 Å². The van der Waals surface area contributed by atoms with Crippen LogP contribution in [-0.2, 0) is 19.7 Å². The van der Waals surface area contributed by atoms with Gasteiger partial charge in [-0.1, -0.05) is 13.8 Å². The van der Waals surface area contributed by atoms with E-state index in [1.807, 2.05) is 19.9 Å². The average molecular weight is 561 g/mol. The number of aromatic nitrogens is 1. The van der Waals surface area contributed by atoms with Crippen molar-refractivity contribution in [2.75, 3.05) is 11.5 Å². The molecule has 2 heterocycles. The topological polar surface area (TPSA) is 85.3 Å². The molecule has 3 rings (SSSR count). The minimum absolute atomic E-state index is 0. The van der Waals surface area contributed by atoms with E-state index in [9.17, 15) is 21.2 Å². The van der Waals surface area contributed by atoms with Gasteiger partial charge >= 0.3 is 0 Å². The number of furan rings is 1. The third-order valence-electron chi connectivity index (χ3n) is 4.85. The van der Waals surface area contributed by atoms with Crippen molar-refractivity contribution in [2.24, 2.45) is 0 Å². The lowest BCUT2D eigenvalue weighted by molar-refractivity contribution is -0.598. The maximum atomic E-state index is 13.6. The van der Waals surface area contributed by atoms with Gasteiger partial charge in [0.1, 0.15) is 5.82 Å². The Bertz CT molecular complexity index is 1330. The van der Waals surface area contributed by atoms with E-state index in [0.717, 1.165) is 11.1 Å². The summed E-state index contributed by atoms with van der Waals surface area (Å²) in [5, 5.41) is -0.561. The molecule has 0 saturated carbocycles. The molecule has 0 N–H and O–H groups in total. The Morgan fingerprint density at radius 3 is 1.91 bits per heavy atom. The SMILES string of the molecule is CCCS(=O)(=O)c1oc(-c2ccc(F)cc2)c(-[n+]2cc(C)cc(C)c2)c1S(=O)(=O)CCC.[Br-]. The van der Waals surface area contributed by atoms with Crippen molar-refractivity contribution < 1.29 is 47.2 Å². The standard InChI is InChI=1S/C23H27FNO5S2.BrH/c1-5-11-31(26,27)22-20(25-14-16(3)13-17(4)15-25)21(18-7-9-19(24)10-8-18)30-23(22)32(28,29)12-6-2;/h7-10,13-15H,5-6,11-12H2,1-4H3;1H/q+1;/p-1. The lowest BCUT2D eigenvalue weighted by Crippen LogP contribution is -3.00. The fourth-order valence-corrected chi connectivity index (χ4v) is 7.27. The Labute approximate surface area is 205 Å². The van der Waals surface area contributed by atoms with E-state index in [2.05, 4.69) is 0 Å². The van der Waals surface area contributed by atoms with Gasteiger partial charge in [0, 0.05) is 16.7 Å². The largest absolute Gasteiger partial charge is 1.00 e. The molecule has 1 aromatic carbocycles. The zero-order chi connectivity index (χ0) is 23.7. The number of aryl methyl sites for hydroxylation is 2. The van der Waals surface area contributed by atoms with Crippen molar-refractivity contribution in [2.45, 2.75) is 50.5 Å². The van der Waals surface area contributed by atoms with E-state index in [0.29, 0.717) is 18.4 Å². The van der Waals surface area contributed by atoms with Gasteiger partial charge in [-0.3, -0.25) is 0 Å². The summed E-state index contributed by atoms with van der Waals surface area (Å²) < 4.78 is 73.9. The van der Waals surface area contributed by atoms with Crippen LogP contribution in [0.3, 0.4) is 0 Å². The molecule has 0 spiro atoms. The molecule has 0 saturated heterocycles. The third-order valence-corrected chi connectivity index (χ3v) is 8.73. The fourth-order valence-electron chi connectivity index (χ4n) is 3.67. The Hall–Kier alpha value is -2.04. The Balaban J connectivity index is 0.00000385. The van der Waals surface area contributed by atoms with E-state index in [4.69, 9.17) is 4.42 Å². The van der Waals surface area contributed by atoms with Gasteiger partial charge in [0.15, 0.2) is 27.1 Å². The van der Waals surface area contributed by atoms with Crippen molar-refractivity contribution >= 4 is 19.7 Å². The summed E-state index contributed by atoms with van der Waals surface area (Å²) in [5.74, 6) is -0.903. The van der Waals surface area contributed by atoms with E-state index in [1.54, 1.807) is 30.8 Å². The molecule has 10 heteroatoms. The maximum Gasteiger partial charge on any atom is 0.277 e. The Kier molecular flexibility index (Phi) is 8.64. The number of benzene rings is 1. The number of nitrogens with zero attached hydrogens (tertiary/aromatic N) is 1. The Morgan fingerprint density at radius 2 is 1.39 bits per heavy atom. The predicted octanol–water partition coefficient (Wildman–Crippen LogP) is 1.35. The van der Waals surface area contributed by atoms with E-state index in [-0.39, 0.29) is 44.8 Å². The molecule has 0 atom stereocenters. The lowest BCUT2D eigenvalue weighted by atomic mass is 10.1. The molecule has 180 valence electrons. The molecule has 0 radical (unpaired) electrons. The average Bonchev–Trinajstić information content (AvgIpc) is 3.10. The van der Waals surface area contributed by atoms with Crippen LogP contribution in [0.4, 0.5) is 4.39 Å². The molecule has 2 aromatic heterocycles. The quantitative estimate of drug-likeness (QED) is 0.389. The van der Waals surface area contributed by atoms with Crippen LogP contribution < -0.4 is 21.5 Å². The molecule has 0 fully saturated rings. The fraction of sp³-hybridized carbons (Fsp3) is 0.348. The first-order valence-electron chi connectivity index (χ1n) is 10.4. The maximum absolute atomic E-state index is 13.6. The highest BCUT2D eigenvalue weighted by molar-refractivity contribution is 7.94. The van der Waals surface area contributed by atoms with Crippen molar-refractivity contribution in [3.8, 4) is 17.0 Å². The van der Waals surface area contributed by atoms with E-state index < -0.39 is 30.6 Å². The van der Waals surface area contributed by atoms with Gasteiger partial charge in [-0.15, -0.1) is 0 Å². The van der Waals surface area contributed by atoms with Gasteiger partial charge in [0.05, 0.1) is 11.5 Å². The number of hydrogen-bond donors (Lipinski definition) is 0. The van der Waals surface area contributed by atoms with Crippen LogP contribution in [0.25, 0.3) is 17.0 Å². The monoisotopic (exact) mass is 559 g/mol. The van der Waals surface area contributed by atoms with E-state index >= 15 is 0 Å². The van der Waals surface area contributed by atoms with Crippen molar-refractivity contribution in [1.29, 1.82) is 0 Å². The number of pyridine rings is 1.